The van der Waals surface area contributed by atoms with Crippen molar-refractivity contribution in [2.45, 2.75) is 6.92 Å². The van der Waals surface area contributed by atoms with E-state index in [1.54, 1.807) is 30.5 Å². The number of piperazine rings is 1. The van der Waals surface area contributed by atoms with Crippen LogP contribution in [0.1, 0.15) is 23.0 Å². The van der Waals surface area contributed by atoms with Gasteiger partial charge >= 0.3 is 0 Å². The lowest BCUT2D eigenvalue weighted by molar-refractivity contribution is 0.102. The number of aromatic nitrogens is 2. The Balaban J connectivity index is 1.66. The van der Waals surface area contributed by atoms with Gasteiger partial charge in [0.05, 0.1) is 23.6 Å². The van der Waals surface area contributed by atoms with Crippen molar-refractivity contribution in [1.29, 1.82) is 5.26 Å². The quantitative estimate of drug-likeness (QED) is 0.915. The molecule has 1 amide bonds. The van der Waals surface area contributed by atoms with Crippen LogP contribution in [0, 0.1) is 11.3 Å². The molecule has 3 rings (SSSR count). The standard InChI is InChI=1S/C18H20N6O/c1-2-23-7-9-24(10-8-23)17-13-20-16(12-21-17)18(25)22-15-6-4-3-5-14(15)11-19/h3-6,12-13H,2,7-10H2,1H3,(H,22,25). The number of hydrogen-bond donors (Lipinski definition) is 1. The number of para-hydroxylation sites is 1. The SMILES string of the molecule is CCN1CCN(c2cnc(C(=O)Nc3ccccc3C#N)cn2)CC1. The van der Waals surface area contributed by atoms with Gasteiger partial charge in [-0.15, -0.1) is 0 Å². The minimum atomic E-state index is -0.377. The molecule has 0 aliphatic carbocycles. The fourth-order valence-electron chi connectivity index (χ4n) is 2.77. The van der Waals surface area contributed by atoms with Crippen LogP contribution in [0.15, 0.2) is 36.7 Å². The summed E-state index contributed by atoms with van der Waals surface area (Å²) in [4.78, 5) is 25.5. The number of anilines is 2. The van der Waals surface area contributed by atoms with E-state index < -0.39 is 0 Å². The van der Waals surface area contributed by atoms with E-state index in [0.29, 0.717) is 11.3 Å². The Morgan fingerprint density at radius 1 is 1.20 bits per heavy atom. The van der Waals surface area contributed by atoms with Crippen molar-refractivity contribution in [1.82, 2.24) is 14.9 Å². The van der Waals surface area contributed by atoms with Gasteiger partial charge in [0, 0.05) is 26.2 Å². The zero-order valence-corrected chi connectivity index (χ0v) is 14.1. The van der Waals surface area contributed by atoms with E-state index in [2.05, 4.69) is 38.1 Å². The molecule has 1 saturated heterocycles. The van der Waals surface area contributed by atoms with Gasteiger partial charge in [-0.1, -0.05) is 19.1 Å². The van der Waals surface area contributed by atoms with Crippen molar-refractivity contribution < 1.29 is 4.79 Å². The molecule has 7 nitrogen and oxygen atoms in total. The molecule has 0 saturated carbocycles. The summed E-state index contributed by atoms with van der Waals surface area (Å²) in [5, 5.41) is 11.8. The van der Waals surface area contributed by atoms with Crippen LogP contribution in [0.3, 0.4) is 0 Å². The first-order valence-electron chi connectivity index (χ1n) is 8.31. The Morgan fingerprint density at radius 3 is 2.60 bits per heavy atom. The smallest absolute Gasteiger partial charge is 0.275 e. The Labute approximate surface area is 146 Å². The summed E-state index contributed by atoms with van der Waals surface area (Å²) in [5.41, 5.74) is 1.11. The number of nitrogens with one attached hydrogen (secondary N) is 1. The first-order chi connectivity index (χ1) is 12.2. The second kappa shape index (κ2) is 7.73. The molecule has 25 heavy (non-hydrogen) atoms. The second-order valence-electron chi connectivity index (χ2n) is 5.79. The van der Waals surface area contributed by atoms with E-state index >= 15 is 0 Å². The normalized spacial score (nSPS) is 14.8. The zero-order chi connectivity index (χ0) is 17.6. The molecular formula is C18H20N6O. The van der Waals surface area contributed by atoms with Gasteiger partial charge in [0.1, 0.15) is 17.6 Å². The van der Waals surface area contributed by atoms with Crippen LogP contribution < -0.4 is 10.2 Å². The van der Waals surface area contributed by atoms with Crippen molar-refractivity contribution in [2.24, 2.45) is 0 Å². The van der Waals surface area contributed by atoms with Crippen LogP contribution in [0.4, 0.5) is 11.5 Å². The summed E-state index contributed by atoms with van der Waals surface area (Å²) >= 11 is 0. The molecule has 2 aromatic rings. The molecular weight excluding hydrogens is 316 g/mol. The first kappa shape index (κ1) is 16.9. The highest BCUT2D eigenvalue weighted by atomic mass is 16.1. The van der Waals surface area contributed by atoms with Gasteiger partial charge in [-0.3, -0.25) is 4.79 Å². The Bertz CT molecular complexity index is 775. The highest BCUT2D eigenvalue weighted by Gasteiger charge is 2.18. The molecule has 0 atom stereocenters. The molecule has 0 bridgehead atoms. The van der Waals surface area contributed by atoms with Gasteiger partial charge in [-0.2, -0.15) is 5.26 Å². The summed E-state index contributed by atoms with van der Waals surface area (Å²) < 4.78 is 0. The summed E-state index contributed by atoms with van der Waals surface area (Å²) in [6, 6.07) is 8.91. The van der Waals surface area contributed by atoms with Gasteiger partial charge < -0.3 is 15.1 Å². The number of rotatable bonds is 4. The molecule has 128 valence electrons. The third-order valence-corrected chi connectivity index (χ3v) is 4.31. The van der Waals surface area contributed by atoms with Crippen molar-refractivity contribution in [3.8, 4) is 6.07 Å². The zero-order valence-electron chi connectivity index (χ0n) is 14.1. The largest absolute Gasteiger partial charge is 0.353 e. The minimum absolute atomic E-state index is 0.226. The van der Waals surface area contributed by atoms with Crippen LogP contribution in [0.5, 0.6) is 0 Å². The summed E-state index contributed by atoms with van der Waals surface area (Å²) in [7, 11) is 0. The maximum Gasteiger partial charge on any atom is 0.275 e. The van der Waals surface area contributed by atoms with E-state index in [1.807, 2.05) is 0 Å². The lowest BCUT2D eigenvalue weighted by atomic mass is 10.2. The van der Waals surface area contributed by atoms with Crippen molar-refractivity contribution in [3.05, 3.63) is 47.9 Å². The lowest BCUT2D eigenvalue weighted by Crippen LogP contribution is -2.46. The second-order valence-corrected chi connectivity index (χ2v) is 5.79. The van der Waals surface area contributed by atoms with Crippen LogP contribution in [-0.4, -0.2) is 53.5 Å². The molecule has 1 aromatic heterocycles. The van der Waals surface area contributed by atoms with Crippen LogP contribution in [0.25, 0.3) is 0 Å². The number of likely N-dealkylation sites (N-methyl/N-ethyl adjacent to an activating group) is 1. The van der Waals surface area contributed by atoms with Crippen molar-refractivity contribution in [2.75, 3.05) is 42.9 Å². The minimum Gasteiger partial charge on any atom is -0.353 e. The number of nitrogens with zero attached hydrogens (tertiary/aromatic N) is 5. The van der Waals surface area contributed by atoms with E-state index in [4.69, 9.17) is 5.26 Å². The fraction of sp³-hybridized carbons (Fsp3) is 0.333. The fourth-order valence-corrected chi connectivity index (χ4v) is 2.77. The predicted octanol–water partition coefficient (Wildman–Crippen LogP) is 1.74. The molecule has 2 heterocycles. The van der Waals surface area contributed by atoms with Gasteiger partial charge in [-0.05, 0) is 18.7 Å². The molecule has 1 aromatic carbocycles. The van der Waals surface area contributed by atoms with Crippen LogP contribution in [-0.2, 0) is 0 Å². The van der Waals surface area contributed by atoms with E-state index in [9.17, 15) is 4.79 Å². The molecule has 1 aliphatic heterocycles. The lowest BCUT2D eigenvalue weighted by Gasteiger charge is -2.34. The molecule has 0 unspecified atom stereocenters. The highest BCUT2D eigenvalue weighted by Crippen LogP contribution is 2.16. The average molecular weight is 336 g/mol. The number of carbonyl (C=O) groups is 1. The number of carbonyl (C=O) groups excluding carboxylic acids is 1. The number of hydrogen-bond acceptors (Lipinski definition) is 6. The molecule has 0 spiro atoms. The molecule has 1 aliphatic rings. The van der Waals surface area contributed by atoms with Crippen LogP contribution in [0.2, 0.25) is 0 Å². The third-order valence-electron chi connectivity index (χ3n) is 4.31. The molecule has 1 N–H and O–H groups in total. The van der Waals surface area contributed by atoms with Gasteiger partial charge in [0.15, 0.2) is 0 Å². The molecule has 0 radical (unpaired) electrons. The Morgan fingerprint density at radius 2 is 1.96 bits per heavy atom. The highest BCUT2D eigenvalue weighted by molar-refractivity contribution is 6.03. The number of nitriles is 1. The van der Waals surface area contributed by atoms with Crippen molar-refractivity contribution in [3.63, 3.8) is 0 Å². The Kier molecular flexibility index (Phi) is 5.21. The maximum absolute atomic E-state index is 12.3. The summed E-state index contributed by atoms with van der Waals surface area (Å²) in [6.07, 6.45) is 3.11. The topological polar surface area (TPSA) is 85.1 Å². The maximum atomic E-state index is 12.3. The predicted molar refractivity (Wildman–Crippen MR) is 95.5 cm³/mol. The van der Waals surface area contributed by atoms with Gasteiger partial charge in [0.25, 0.3) is 5.91 Å². The van der Waals surface area contributed by atoms with Gasteiger partial charge in [-0.25, -0.2) is 9.97 Å². The molecule has 7 heteroatoms. The molecule has 1 fully saturated rings. The van der Waals surface area contributed by atoms with Gasteiger partial charge in [0.2, 0.25) is 0 Å². The third kappa shape index (κ3) is 3.92. The monoisotopic (exact) mass is 336 g/mol. The first-order valence-corrected chi connectivity index (χ1v) is 8.31. The van der Waals surface area contributed by atoms with Crippen LogP contribution >= 0.6 is 0 Å². The van der Waals surface area contributed by atoms with E-state index in [-0.39, 0.29) is 11.6 Å². The Hall–Kier alpha value is -2.98. The van der Waals surface area contributed by atoms with Crippen molar-refractivity contribution >= 4 is 17.4 Å². The number of amides is 1. The van der Waals surface area contributed by atoms with E-state index in [0.717, 1.165) is 38.5 Å². The number of benzene rings is 1. The summed E-state index contributed by atoms with van der Waals surface area (Å²) in [5.74, 6) is 0.405. The average Bonchev–Trinajstić information content (AvgIpc) is 2.68. The summed E-state index contributed by atoms with van der Waals surface area (Å²) in [6.45, 7) is 7.04. The van der Waals surface area contributed by atoms with E-state index in [1.165, 1.54) is 6.20 Å².